The Kier molecular flexibility index (Phi) is 32.9. The molecule has 8 N–H and O–H groups in total. The highest BCUT2D eigenvalue weighted by atomic mass is 16.8. The van der Waals surface area contributed by atoms with Crippen LogP contribution in [0.1, 0.15) is 119 Å². The molecule has 346 valence electrons. The number of unbranched alkanes of at least 4 members (excludes halogenated alkanes) is 3. The van der Waals surface area contributed by atoms with E-state index in [1.165, 1.54) is 0 Å². The van der Waals surface area contributed by atoms with Crippen molar-refractivity contribution in [3.8, 4) is 0 Å². The largest absolute Gasteiger partial charge is 0.396 e. The summed E-state index contributed by atoms with van der Waals surface area (Å²) >= 11 is 0. The van der Waals surface area contributed by atoms with Crippen molar-refractivity contribution in [3.05, 3.63) is 0 Å². The van der Waals surface area contributed by atoms with Crippen molar-refractivity contribution in [3.63, 3.8) is 0 Å². The minimum absolute atomic E-state index is 0.0915. The van der Waals surface area contributed by atoms with Crippen LogP contribution in [-0.4, -0.2) is 139 Å². The Morgan fingerprint density at radius 3 is 1.28 bits per heavy atom. The van der Waals surface area contributed by atoms with E-state index in [0.717, 1.165) is 70.6 Å². The summed E-state index contributed by atoms with van der Waals surface area (Å²) in [5.74, 6) is 0. The highest BCUT2D eigenvalue weighted by molar-refractivity contribution is 4.97. The third kappa shape index (κ3) is 20.9. The minimum atomic E-state index is -1.06. The van der Waals surface area contributed by atoms with E-state index in [0.29, 0.717) is 52.4 Å². The van der Waals surface area contributed by atoms with Crippen LogP contribution >= 0.6 is 0 Å². The molecule has 2 fully saturated rings. The summed E-state index contributed by atoms with van der Waals surface area (Å²) in [6.07, 6.45) is 1.24. The SMILES string of the molecule is CCCNOC[C@@H]1O[C@H](OCCCCCCO)[C@@H](ONCCC)[C@H](ONCCC)[C@H]1O[C@@H]1O[C@H](CONCCC)[C@H](ONCCC)[C@H](ONCCC)[C@H]1ONCCC. The Morgan fingerprint density at radius 2 is 0.793 bits per heavy atom. The monoisotopic (exact) mass is 842 g/mol. The molecule has 0 aromatic carbocycles. The van der Waals surface area contributed by atoms with Gasteiger partial charge in [-0.3, -0.25) is 33.9 Å². The number of hydrogen-bond donors (Lipinski definition) is 8. The van der Waals surface area contributed by atoms with Crippen LogP contribution in [0.3, 0.4) is 0 Å². The van der Waals surface area contributed by atoms with Crippen molar-refractivity contribution in [1.29, 1.82) is 0 Å². The van der Waals surface area contributed by atoms with Crippen LogP contribution in [-0.2, 0) is 52.8 Å². The number of rotatable bonds is 39. The topological polar surface area (TPSA) is 206 Å². The molecule has 0 amide bonds. The molecular formula is C39H83N7O12. The van der Waals surface area contributed by atoms with Gasteiger partial charge in [-0.15, -0.1) is 0 Å². The zero-order valence-electron chi connectivity index (χ0n) is 36.8. The summed E-state index contributed by atoms with van der Waals surface area (Å²) in [6.45, 7) is 19.5. The second-order valence-electron chi connectivity index (χ2n) is 14.5. The lowest BCUT2D eigenvalue weighted by molar-refractivity contribution is -0.390. The van der Waals surface area contributed by atoms with Gasteiger partial charge in [0.25, 0.3) is 0 Å². The molecule has 2 aliphatic heterocycles. The first-order chi connectivity index (χ1) is 28.5. The van der Waals surface area contributed by atoms with Gasteiger partial charge < -0.3 is 24.1 Å². The van der Waals surface area contributed by atoms with Crippen LogP contribution in [0.15, 0.2) is 0 Å². The first kappa shape index (κ1) is 53.4. The van der Waals surface area contributed by atoms with Crippen molar-refractivity contribution in [2.75, 3.05) is 72.2 Å². The molecule has 0 aromatic heterocycles. The van der Waals surface area contributed by atoms with Gasteiger partial charge in [0, 0.05) is 59.0 Å². The third-order valence-corrected chi connectivity index (χ3v) is 9.07. The quantitative estimate of drug-likeness (QED) is 0.0331. The summed E-state index contributed by atoms with van der Waals surface area (Å²) in [5.41, 5.74) is 21.5. The predicted octanol–water partition coefficient (Wildman–Crippen LogP) is 2.75. The van der Waals surface area contributed by atoms with Crippen LogP contribution in [0.4, 0.5) is 0 Å². The van der Waals surface area contributed by atoms with Gasteiger partial charge in [-0.1, -0.05) is 61.3 Å². The van der Waals surface area contributed by atoms with Gasteiger partial charge in [-0.2, -0.15) is 0 Å². The van der Waals surface area contributed by atoms with E-state index in [-0.39, 0.29) is 19.8 Å². The maximum absolute atomic E-state index is 9.25. The molecule has 2 saturated heterocycles. The third-order valence-electron chi connectivity index (χ3n) is 9.07. The van der Waals surface area contributed by atoms with E-state index >= 15 is 0 Å². The molecule has 0 radical (unpaired) electrons. The zero-order valence-corrected chi connectivity index (χ0v) is 36.8. The number of hydroxylamine groups is 7. The average Bonchev–Trinajstić information content (AvgIpc) is 3.22. The fourth-order valence-corrected chi connectivity index (χ4v) is 5.93. The molecular weight excluding hydrogens is 758 g/mol. The van der Waals surface area contributed by atoms with Gasteiger partial charge in [0.2, 0.25) is 0 Å². The van der Waals surface area contributed by atoms with Gasteiger partial charge >= 0.3 is 0 Å². The van der Waals surface area contributed by atoms with E-state index in [1.807, 2.05) is 0 Å². The summed E-state index contributed by atoms with van der Waals surface area (Å²) in [5, 5.41) is 9.25. The van der Waals surface area contributed by atoms with E-state index in [2.05, 4.69) is 86.8 Å². The molecule has 2 rings (SSSR count). The van der Waals surface area contributed by atoms with Crippen LogP contribution < -0.4 is 38.4 Å². The smallest absolute Gasteiger partial charge is 0.189 e. The first-order valence-corrected chi connectivity index (χ1v) is 22.3. The van der Waals surface area contributed by atoms with E-state index in [1.54, 1.807) is 0 Å². The van der Waals surface area contributed by atoms with Crippen molar-refractivity contribution in [2.24, 2.45) is 0 Å². The van der Waals surface area contributed by atoms with Crippen molar-refractivity contribution < 1.29 is 57.9 Å². The maximum Gasteiger partial charge on any atom is 0.189 e. The Bertz CT molecular complexity index is 929. The minimum Gasteiger partial charge on any atom is -0.396 e. The lowest BCUT2D eigenvalue weighted by Crippen LogP contribution is -2.68. The van der Waals surface area contributed by atoms with Crippen molar-refractivity contribution >= 4 is 0 Å². The number of aliphatic hydroxyl groups excluding tert-OH is 1. The Balaban J connectivity index is 2.63. The summed E-state index contributed by atoms with van der Waals surface area (Å²) < 4.78 is 27.0. The molecule has 0 spiro atoms. The standard InChI is InChI=1S/C39H83N7O12/c1-8-19-40-49-28-30-32(34(55-43-22-11-4)36(57-45-24-13-6)38(51-30)48-27-18-16-15-17-26-47)53-39-37(58-46-25-14-7)35(56-44-23-12-5)33(54-42-21-10-3)31(52-39)29-50-41-20-9-2/h30-47H,8-29H2,1-7H3/t30-,31+,32-,33-,34+,35-,36-,37+,38-,39-/m0/s1. The molecule has 0 aromatic rings. The average molecular weight is 842 g/mol. The van der Waals surface area contributed by atoms with E-state index < -0.39 is 61.4 Å². The number of aliphatic hydroxyl groups is 1. The van der Waals surface area contributed by atoms with Gasteiger partial charge in [-0.05, 0) is 57.8 Å². The van der Waals surface area contributed by atoms with Crippen LogP contribution in [0.25, 0.3) is 0 Å². The van der Waals surface area contributed by atoms with Gasteiger partial charge in [0.1, 0.15) is 36.6 Å². The molecule has 19 nitrogen and oxygen atoms in total. The predicted molar refractivity (Wildman–Crippen MR) is 218 cm³/mol. The molecule has 19 heteroatoms. The van der Waals surface area contributed by atoms with Crippen LogP contribution in [0.5, 0.6) is 0 Å². The molecule has 2 heterocycles. The number of ether oxygens (including phenoxy) is 4. The molecule has 0 unspecified atom stereocenters. The fraction of sp³-hybridized carbons (Fsp3) is 1.00. The van der Waals surface area contributed by atoms with Crippen molar-refractivity contribution in [1.82, 2.24) is 38.4 Å². The maximum atomic E-state index is 9.25. The number of nitrogens with one attached hydrogen (secondary N) is 7. The van der Waals surface area contributed by atoms with Crippen molar-refractivity contribution in [2.45, 2.75) is 181 Å². The molecule has 0 saturated carbocycles. The van der Waals surface area contributed by atoms with Gasteiger partial charge in [-0.25, -0.2) is 38.4 Å². The highest BCUT2D eigenvalue weighted by Crippen LogP contribution is 2.34. The Morgan fingerprint density at radius 1 is 0.414 bits per heavy atom. The summed E-state index contributed by atoms with van der Waals surface area (Å²) in [4.78, 5) is 43.8. The van der Waals surface area contributed by atoms with E-state index in [4.69, 9.17) is 52.8 Å². The van der Waals surface area contributed by atoms with Crippen LogP contribution in [0.2, 0.25) is 0 Å². The Hall–Kier alpha value is -0.760. The summed E-state index contributed by atoms with van der Waals surface area (Å²) in [7, 11) is 0. The Labute approximate surface area is 348 Å². The normalized spacial score (nSPS) is 27.7. The number of hydrogen-bond acceptors (Lipinski definition) is 19. The lowest BCUT2D eigenvalue weighted by atomic mass is 9.96. The highest BCUT2D eigenvalue weighted by Gasteiger charge is 2.55. The lowest BCUT2D eigenvalue weighted by Gasteiger charge is -2.49. The molecule has 58 heavy (non-hydrogen) atoms. The molecule has 0 aliphatic carbocycles. The van der Waals surface area contributed by atoms with E-state index in [9.17, 15) is 5.11 Å². The van der Waals surface area contributed by atoms with Gasteiger partial charge in [0.05, 0.1) is 13.2 Å². The summed E-state index contributed by atoms with van der Waals surface area (Å²) in [6, 6.07) is 0. The molecule has 0 bridgehead atoms. The zero-order chi connectivity index (χ0) is 42.1. The molecule has 10 atom stereocenters. The second kappa shape index (κ2) is 35.8. The fourth-order valence-electron chi connectivity index (χ4n) is 5.93. The van der Waals surface area contributed by atoms with Gasteiger partial charge in [0.15, 0.2) is 24.8 Å². The van der Waals surface area contributed by atoms with Crippen LogP contribution in [0, 0.1) is 0 Å². The first-order valence-electron chi connectivity index (χ1n) is 22.3. The second-order valence-corrected chi connectivity index (χ2v) is 14.5. The molecule has 2 aliphatic rings.